The van der Waals surface area contributed by atoms with Crippen LogP contribution in [0.3, 0.4) is 0 Å². The third-order valence-corrected chi connectivity index (χ3v) is 2.72. The summed E-state index contributed by atoms with van der Waals surface area (Å²) in [5.74, 6) is 0.295. The van der Waals surface area contributed by atoms with Gasteiger partial charge in [0.05, 0.1) is 6.54 Å². The number of amides is 1. The first-order chi connectivity index (χ1) is 6.36. The number of nitrogens with zero attached hydrogens (tertiary/aromatic N) is 2. The molecule has 0 unspecified atom stereocenters. The minimum atomic E-state index is 0.295. The van der Waals surface area contributed by atoms with Crippen molar-refractivity contribution in [1.29, 1.82) is 0 Å². The van der Waals surface area contributed by atoms with E-state index in [0.717, 1.165) is 32.6 Å². The van der Waals surface area contributed by atoms with Gasteiger partial charge in [-0.15, -0.1) is 0 Å². The van der Waals surface area contributed by atoms with Crippen LogP contribution in [0.2, 0.25) is 0 Å². The second-order valence-corrected chi connectivity index (χ2v) is 3.73. The van der Waals surface area contributed by atoms with Crippen LogP contribution < -0.4 is 0 Å². The van der Waals surface area contributed by atoms with Crippen LogP contribution in [0.25, 0.3) is 0 Å². The number of hydrogen-bond acceptors (Lipinski definition) is 2. The summed E-state index contributed by atoms with van der Waals surface area (Å²) in [7, 11) is 0. The lowest BCUT2D eigenvalue weighted by molar-refractivity contribution is -0.132. The van der Waals surface area contributed by atoms with Gasteiger partial charge in [-0.1, -0.05) is 12.2 Å². The molecule has 1 fully saturated rings. The highest BCUT2D eigenvalue weighted by molar-refractivity contribution is 5.78. The largest absolute Gasteiger partial charge is 0.338 e. The van der Waals surface area contributed by atoms with E-state index in [9.17, 15) is 4.79 Å². The molecule has 2 aliphatic rings. The van der Waals surface area contributed by atoms with Crippen LogP contribution >= 0.6 is 0 Å². The molecule has 0 aromatic carbocycles. The maximum Gasteiger partial charge on any atom is 0.237 e. The minimum Gasteiger partial charge on any atom is -0.338 e. The minimum absolute atomic E-state index is 0.295. The molecule has 1 amide bonds. The summed E-state index contributed by atoms with van der Waals surface area (Å²) in [4.78, 5) is 15.8. The molecule has 13 heavy (non-hydrogen) atoms. The van der Waals surface area contributed by atoms with Crippen molar-refractivity contribution in [3.8, 4) is 0 Å². The standard InChI is InChI=1S/C10H16N2O/c13-10(9-11-5-4-6-11)12-7-2-1-3-8-12/h1-2H,3-9H2. The number of carbonyl (C=O) groups excluding carboxylic acids is 1. The maximum absolute atomic E-state index is 11.7. The zero-order valence-electron chi connectivity index (χ0n) is 7.91. The van der Waals surface area contributed by atoms with E-state index in [1.54, 1.807) is 0 Å². The molecule has 0 saturated carbocycles. The molecule has 0 N–H and O–H groups in total. The lowest BCUT2D eigenvalue weighted by Crippen LogP contribution is -2.46. The van der Waals surface area contributed by atoms with Gasteiger partial charge >= 0.3 is 0 Å². The average molecular weight is 180 g/mol. The predicted octanol–water partition coefficient (Wildman–Crippen LogP) is 0.481. The van der Waals surface area contributed by atoms with E-state index in [1.807, 2.05) is 4.90 Å². The Kier molecular flexibility index (Phi) is 2.64. The zero-order valence-corrected chi connectivity index (χ0v) is 7.91. The summed E-state index contributed by atoms with van der Waals surface area (Å²) in [5.41, 5.74) is 0. The van der Waals surface area contributed by atoms with Crippen LogP contribution in [0.5, 0.6) is 0 Å². The quantitative estimate of drug-likeness (QED) is 0.577. The molecular weight excluding hydrogens is 164 g/mol. The van der Waals surface area contributed by atoms with Crippen LogP contribution in [0.4, 0.5) is 0 Å². The molecule has 3 heteroatoms. The van der Waals surface area contributed by atoms with Gasteiger partial charge in [0.15, 0.2) is 0 Å². The van der Waals surface area contributed by atoms with Gasteiger partial charge in [-0.2, -0.15) is 0 Å². The summed E-state index contributed by atoms with van der Waals surface area (Å²) < 4.78 is 0. The highest BCUT2D eigenvalue weighted by Crippen LogP contribution is 2.07. The Hall–Kier alpha value is -0.830. The average Bonchev–Trinajstić information content (AvgIpc) is 2.12. The molecule has 1 saturated heterocycles. The molecule has 0 bridgehead atoms. The van der Waals surface area contributed by atoms with Crippen LogP contribution in [-0.2, 0) is 4.79 Å². The van der Waals surface area contributed by atoms with Crippen LogP contribution in [0.15, 0.2) is 12.2 Å². The van der Waals surface area contributed by atoms with Gasteiger partial charge in [0.1, 0.15) is 0 Å². The molecule has 0 atom stereocenters. The summed E-state index contributed by atoms with van der Waals surface area (Å²) >= 11 is 0. The molecule has 0 aromatic rings. The van der Waals surface area contributed by atoms with E-state index in [4.69, 9.17) is 0 Å². The zero-order chi connectivity index (χ0) is 9.10. The SMILES string of the molecule is O=C(CN1CCC1)N1CC=CCC1. The van der Waals surface area contributed by atoms with Crippen molar-refractivity contribution >= 4 is 5.91 Å². The first kappa shape index (κ1) is 8.75. The molecule has 72 valence electrons. The molecule has 0 aliphatic carbocycles. The van der Waals surface area contributed by atoms with Gasteiger partial charge in [0, 0.05) is 13.1 Å². The summed E-state index contributed by atoms with van der Waals surface area (Å²) in [5, 5.41) is 0. The summed E-state index contributed by atoms with van der Waals surface area (Å²) in [6.07, 6.45) is 6.50. The molecular formula is C10H16N2O. The highest BCUT2D eigenvalue weighted by atomic mass is 16.2. The first-order valence-corrected chi connectivity index (χ1v) is 5.01. The normalized spacial score (nSPS) is 22.9. The Morgan fingerprint density at radius 1 is 1.23 bits per heavy atom. The third-order valence-electron chi connectivity index (χ3n) is 2.72. The number of hydrogen-bond donors (Lipinski definition) is 0. The summed E-state index contributed by atoms with van der Waals surface area (Å²) in [6, 6.07) is 0. The van der Waals surface area contributed by atoms with Crippen molar-refractivity contribution in [1.82, 2.24) is 9.80 Å². The van der Waals surface area contributed by atoms with E-state index < -0.39 is 0 Å². The Morgan fingerprint density at radius 3 is 2.62 bits per heavy atom. The highest BCUT2D eigenvalue weighted by Gasteiger charge is 2.20. The van der Waals surface area contributed by atoms with E-state index in [1.165, 1.54) is 6.42 Å². The fourth-order valence-corrected chi connectivity index (χ4v) is 1.70. The molecule has 3 nitrogen and oxygen atoms in total. The van der Waals surface area contributed by atoms with Crippen molar-refractivity contribution in [2.45, 2.75) is 12.8 Å². The molecule has 2 rings (SSSR count). The van der Waals surface area contributed by atoms with Crippen molar-refractivity contribution in [2.75, 3.05) is 32.7 Å². The Morgan fingerprint density at radius 2 is 2.08 bits per heavy atom. The summed E-state index contributed by atoms with van der Waals surface area (Å²) in [6.45, 7) is 4.56. The molecule has 0 radical (unpaired) electrons. The van der Waals surface area contributed by atoms with E-state index in [0.29, 0.717) is 12.5 Å². The van der Waals surface area contributed by atoms with Crippen molar-refractivity contribution in [3.63, 3.8) is 0 Å². The third kappa shape index (κ3) is 2.10. The van der Waals surface area contributed by atoms with Crippen molar-refractivity contribution in [2.24, 2.45) is 0 Å². The second kappa shape index (κ2) is 3.92. The molecule has 2 heterocycles. The predicted molar refractivity (Wildman–Crippen MR) is 51.4 cm³/mol. The van der Waals surface area contributed by atoms with Gasteiger partial charge in [-0.05, 0) is 25.9 Å². The van der Waals surface area contributed by atoms with Crippen LogP contribution in [0, 0.1) is 0 Å². The molecule has 0 aromatic heterocycles. The van der Waals surface area contributed by atoms with Crippen molar-refractivity contribution < 1.29 is 4.79 Å². The topological polar surface area (TPSA) is 23.6 Å². The van der Waals surface area contributed by atoms with Crippen LogP contribution in [-0.4, -0.2) is 48.4 Å². The fourth-order valence-electron chi connectivity index (χ4n) is 1.70. The monoisotopic (exact) mass is 180 g/mol. The van der Waals surface area contributed by atoms with Gasteiger partial charge in [-0.3, -0.25) is 9.69 Å². The molecule has 0 spiro atoms. The first-order valence-electron chi connectivity index (χ1n) is 5.01. The molecule has 2 aliphatic heterocycles. The Bertz CT molecular complexity index is 221. The Labute approximate surface area is 79.0 Å². The lowest BCUT2D eigenvalue weighted by atomic mass is 10.2. The van der Waals surface area contributed by atoms with Crippen LogP contribution in [0.1, 0.15) is 12.8 Å². The van der Waals surface area contributed by atoms with Crippen molar-refractivity contribution in [3.05, 3.63) is 12.2 Å². The van der Waals surface area contributed by atoms with E-state index in [2.05, 4.69) is 17.1 Å². The second-order valence-electron chi connectivity index (χ2n) is 3.73. The maximum atomic E-state index is 11.7. The number of rotatable bonds is 2. The fraction of sp³-hybridized carbons (Fsp3) is 0.700. The van der Waals surface area contributed by atoms with Gasteiger partial charge in [0.25, 0.3) is 0 Å². The van der Waals surface area contributed by atoms with Gasteiger partial charge in [0.2, 0.25) is 5.91 Å². The van der Waals surface area contributed by atoms with Gasteiger partial charge in [-0.25, -0.2) is 0 Å². The van der Waals surface area contributed by atoms with Gasteiger partial charge < -0.3 is 4.90 Å². The number of carbonyl (C=O) groups is 1. The van der Waals surface area contributed by atoms with E-state index in [-0.39, 0.29) is 0 Å². The lowest BCUT2D eigenvalue weighted by Gasteiger charge is -2.32. The van der Waals surface area contributed by atoms with E-state index >= 15 is 0 Å². The smallest absolute Gasteiger partial charge is 0.237 e. The Balaban J connectivity index is 1.78. The number of likely N-dealkylation sites (tertiary alicyclic amines) is 1.